The van der Waals surface area contributed by atoms with Gasteiger partial charge in [-0.15, -0.1) is 0 Å². The summed E-state index contributed by atoms with van der Waals surface area (Å²) >= 11 is 3.41. The van der Waals surface area contributed by atoms with Crippen LogP contribution in [0.3, 0.4) is 0 Å². The van der Waals surface area contributed by atoms with Gasteiger partial charge >= 0.3 is 0 Å². The highest BCUT2D eigenvalue weighted by atomic mass is 79.9. The van der Waals surface area contributed by atoms with E-state index in [0.717, 1.165) is 4.47 Å². The number of anilines is 1. The molecule has 0 aliphatic heterocycles. The maximum absolute atomic E-state index is 12.8. The lowest BCUT2D eigenvalue weighted by molar-refractivity contribution is 0.102. The Kier molecular flexibility index (Phi) is 5.55. The highest BCUT2D eigenvalue weighted by Crippen LogP contribution is 2.27. The predicted octanol–water partition coefficient (Wildman–Crippen LogP) is 4.88. The number of hydrogen-bond donors (Lipinski definition) is 1. The van der Waals surface area contributed by atoms with Crippen LogP contribution in [0.15, 0.2) is 46.9 Å². The van der Waals surface area contributed by atoms with Gasteiger partial charge in [-0.1, -0.05) is 13.8 Å². The van der Waals surface area contributed by atoms with Crippen molar-refractivity contribution in [3.05, 3.63) is 58.3 Å². The van der Waals surface area contributed by atoms with Crippen LogP contribution in [0.5, 0.6) is 5.75 Å². The number of carbonyl (C=O) groups is 1. The van der Waals surface area contributed by atoms with Gasteiger partial charge in [-0.25, -0.2) is 4.39 Å². The number of ether oxygens (including phenoxy) is 1. The van der Waals surface area contributed by atoms with Gasteiger partial charge in [0.2, 0.25) is 0 Å². The molecule has 0 aromatic heterocycles. The van der Waals surface area contributed by atoms with E-state index in [2.05, 4.69) is 35.1 Å². The number of hydrogen-bond acceptors (Lipinski definition) is 2. The average Bonchev–Trinajstić information content (AvgIpc) is 2.48. The van der Waals surface area contributed by atoms with Gasteiger partial charge in [0.1, 0.15) is 11.6 Å². The third-order valence-electron chi connectivity index (χ3n) is 2.87. The number of benzene rings is 2. The third-order valence-corrected chi connectivity index (χ3v) is 3.49. The zero-order valence-corrected chi connectivity index (χ0v) is 14.0. The fourth-order valence-electron chi connectivity index (χ4n) is 1.75. The average molecular weight is 366 g/mol. The summed E-state index contributed by atoms with van der Waals surface area (Å²) in [6.45, 7) is 4.75. The number of nitrogens with one attached hydrogen (secondary N) is 1. The molecule has 1 amide bonds. The van der Waals surface area contributed by atoms with Crippen LogP contribution >= 0.6 is 15.9 Å². The molecule has 0 spiro atoms. The van der Waals surface area contributed by atoms with Crippen molar-refractivity contribution in [3.8, 4) is 5.75 Å². The molecule has 2 aromatic carbocycles. The minimum atomic E-state index is -0.340. The van der Waals surface area contributed by atoms with Crippen molar-refractivity contribution < 1.29 is 13.9 Å². The molecule has 0 saturated heterocycles. The Morgan fingerprint density at radius 2 is 1.91 bits per heavy atom. The van der Waals surface area contributed by atoms with Crippen LogP contribution in [0.4, 0.5) is 10.1 Å². The van der Waals surface area contributed by atoms with Crippen LogP contribution in [-0.2, 0) is 0 Å². The summed E-state index contributed by atoms with van der Waals surface area (Å²) in [5, 5.41) is 2.72. The molecule has 0 unspecified atom stereocenters. The fourth-order valence-corrected chi connectivity index (χ4v) is 2.25. The van der Waals surface area contributed by atoms with E-state index in [1.54, 1.807) is 18.2 Å². The summed E-state index contributed by atoms with van der Waals surface area (Å²) in [6, 6.07) is 10.8. The Bertz CT molecular complexity index is 656. The molecule has 5 heteroatoms. The number of amides is 1. The molecule has 0 bridgehead atoms. The zero-order chi connectivity index (χ0) is 16.1. The smallest absolute Gasteiger partial charge is 0.255 e. The van der Waals surface area contributed by atoms with Crippen LogP contribution in [0.1, 0.15) is 24.2 Å². The lowest BCUT2D eigenvalue weighted by Gasteiger charge is -2.11. The normalized spacial score (nSPS) is 10.6. The predicted molar refractivity (Wildman–Crippen MR) is 88.8 cm³/mol. The highest BCUT2D eigenvalue weighted by Gasteiger charge is 2.10. The molecule has 0 atom stereocenters. The van der Waals surface area contributed by atoms with Crippen molar-refractivity contribution in [1.82, 2.24) is 0 Å². The van der Waals surface area contributed by atoms with Crippen molar-refractivity contribution in [2.75, 3.05) is 11.9 Å². The van der Waals surface area contributed by atoms with Crippen LogP contribution < -0.4 is 10.1 Å². The molecule has 116 valence electrons. The monoisotopic (exact) mass is 365 g/mol. The standard InChI is InChI=1S/C17H17BrFNO2/c1-11(2)10-22-16-8-3-12(9-15(16)18)17(21)20-14-6-4-13(19)5-7-14/h3-9,11H,10H2,1-2H3,(H,20,21). The van der Waals surface area contributed by atoms with Crippen molar-refractivity contribution in [3.63, 3.8) is 0 Å². The number of carbonyl (C=O) groups excluding carboxylic acids is 1. The van der Waals surface area contributed by atoms with E-state index in [1.807, 2.05) is 0 Å². The van der Waals surface area contributed by atoms with E-state index in [-0.39, 0.29) is 11.7 Å². The maximum atomic E-state index is 12.8. The zero-order valence-electron chi connectivity index (χ0n) is 12.4. The molecule has 0 heterocycles. The second-order valence-corrected chi connectivity index (χ2v) is 6.17. The molecule has 2 rings (SSSR count). The topological polar surface area (TPSA) is 38.3 Å². The molecule has 0 aliphatic carbocycles. The fraction of sp³-hybridized carbons (Fsp3) is 0.235. The first-order valence-corrected chi connectivity index (χ1v) is 7.74. The molecule has 3 nitrogen and oxygen atoms in total. The van der Waals surface area contributed by atoms with Crippen molar-refractivity contribution in [1.29, 1.82) is 0 Å². The molecule has 0 fully saturated rings. The largest absolute Gasteiger partial charge is 0.492 e. The molecular formula is C17H17BrFNO2. The van der Waals surface area contributed by atoms with Crippen LogP contribution in [-0.4, -0.2) is 12.5 Å². The molecule has 0 radical (unpaired) electrons. The number of rotatable bonds is 5. The Balaban J connectivity index is 2.07. The second kappa shape index (κ2) is 7.40. The lowest BCUT2D eigenvalue weighted by atomic mass is 10.2. The van der Waals surface area contributed by atoms with E-state index in [0.29, 0.717) is 29.5 Å². The molecule has 22 heavy (non-hydrogen) atoms. The van der Waals surface area contributed by atoms with Gasteiger partial charge in [-0.3, -0.25) is 4.79 Å². The summed E-state index contributed by atoms with van der Waals surface area (Å²) in [7, 11) is 0. The highest BCUT2D eigenvalue weighted by molar-refractivity contribution is 9.10. The SMILES string of the molecule is CC(C)COc1ccc(C(=O)Nc2ccc(F)cc2)cc1Br. The molecule has 2 aromatic rings. The Morgan fingerprint density at radius 1 is 1.23 bits per heavy atom. The Labute approximate surface area is 137 Å². The van der Waals surface area contributed by atoms with E-state index < -0.39 is 0 Å². The Morgan fingerprint density at radius 3 is 2.50 bits per heavy atom. The maximum Gasteiger partial charge on any atom is 0.255 e. The van der Waals surface area contributed by atoms with Gasteiger partial charge in [-0.05, 0) is 64.3 Å². The van der Waals surface area contributed by atoms with Gasteiger partial charge in [0.25, 0.3) is 5.91 Å². The summed E-state index contributed by atoms with van der Waals surface area (Å²) in [4.78, 5) is 12.2. The lowest BCUT2D eigenvalue weighted by Crippen LogP contribution is -2.12. The van der Waals surface area contributed by atoms with Crippen LogP contribution in [0.25, 0.3) is 0 Å². The molecular weight excluding hydrogens is 349 g/mol. The summed E-state index contributed by atoms with van der Waals surface area (Å²) in [6.07, 6.45) is 0. The van der Waals surface area contributed by atoms with Crippen LogP contribution in [0, 0.1) is 11.7 Å². The number of halogens is 2. The van der Waals surface area contributed by atoms with Crippen LogP contribution in [0.2, 0.25) is 0 Å². The third kappa shape index (κ3) is 4.56. The van der Waals surface area contributed by atoms with E-state index >= 15 is 0 Å². The summed E-state index contributed by atoms with van der Waals surface area (Å²) in [5.74, 6) is 0.524. The van der Waals surface area contributed by atoms with Crippen molar-refractivity contribution in [2.24, 2.45) is 5.92 Å². The molecule has 0 saturated carbocycles. The van der Waals surface area contributed by atoms with E-state index in [4.69, 9.17) is 4.74 Å². The van der Waals surface area contributed by atoms with Gasteiger partial charge in [0.15, 0.2) is 0 Å². The first kappa shape index (κ1) is 16.5. The van der Waals surface area contributed by atoms with Gasteiger partial charge in [0.05, 0.1) is 11.1 Å². The van der Waals surface area contributed by atoms with E-state index in [9.17, 15) is 9.18 Å². The quantitative estimate of drug-likeness (QED) is 0.820. The van der Waals surface area contributed by atoms with Gasteiger partial charge in [-0.2, -0.15) is 0 Å². The first-order valence-electron chi connectivity index (χ1n) is 6.95. The molecule has 0 aliphatic rings. The minimum absolute atomic E-state index is 0.261. The van der Waals surface area contributed by atoms with Gasteiger partial charge < -0.3 is 10.1 Å². The Hall–Kier alpha value is -1.88. The first-order chi connectivity index (χ1) is 10.5. The van der Waals surface area contributed by atoms with E-state index in [1.165, 1.54) is 24.3 Å². The summed E-state index contributed by atoms with van der Waals surface area (Å²) < 4.78 is 19.2. The minimum Gasteiger partial charge on any atom is -0.492 e. The molecule has 1 N–H and O–H groups in total. The second-order valence-electron chi connectivity index (χ2n) is 5.31. The summed E-state index contributed by atoms with van der Waals surface area (Å²) in [5.41, 5.74) is 1.04. The van der Waals surface area contributed by atoms with Crippen molar-refractivity contribution in [2.45, 2.75) is 13.8 Å². The van der Waals surface area contributed by atoms with Gasteiger partial charge in [0, 0.05) is 11.3 Å². The van der Waals surface area contributed by atoms with Crippen molar-refractivity contribution >= 4 is 27.5 Å².